The maximum Gasteiger partial charge on any atom is 0.115 e. The molecule has 0 saturated carbocycles. The Balaban J connectivity index is 1.87. The first kappa shape index (κ1) is 19.1. The molecule has 1 fully saturated rings. The van der Waals surface area contributed by atoms with Crippen LogP contribution in [-0.4, -0.2) is 56.6 Å². The Morgan fingerprint density at radius 1 is 0.923 bits per heavy atom. The second kappa shape index (κ2) is 7.92. The summed E-state index contributed by atoms with van der Waals surface area (Å²) in [5.74, 6) is 0.176. The summed E-state index contributed by atoms with van der Waals surface area (Å²) in [6.07, 6.45) is -5.52. The summed E-state index contributed by atoms with van der Waals surface area (Å²) in [6, 6.07) is 11.9. The van der Waals surface area contributed by atoms with E-state index in [0.717, 1.165) is 11.1 Å². The molecule has 1 saturated heterocycles. The minimum atomic E-state index is -1.43. The Kier molecular flexibility index (Phi) is 5.82. The van der Waals surface area contributed by atoms with Crippen LogP contribution in [-0.2, 0) is 11.2 Å². The third kappa shape index (κ3) is 3.86. The smallest absolute Gasteiger partial charge is 0.115 e. The lowest BCUT2D eigenvalue weighted by atomic mass is 9.90. The highest BCUT2D eigenvalue weighted by molar-refractivity contribution is 6.31. The van der Waals surface area contributed by atoms with E-state index in [0.29, 0.717) is 17.0 Å². The van der Waals surface area contributed by atoms with Crippen LogP contribution in [0, 0.1) is 0 Å². The lowest BCUT2D eigenvalue weighted by Crippen LogP contribution is -2.55. The minimum absolute atomic E-state index is 0.176. The largest absolute Gasteiger partial charge is 0.508 e. The number of ether oxygens (including phenoxy) is 1. The van der Waals surface area contributed by atoms with Gasteiger partial charge in [0.1, 0.15) is 36.3 Å². The van der Waals surface area contributed by atoms with Crippen molar-refractivity contribution in [1.29, 1.82) is 0 Å². The molecule has 26 heavy (non-hydrogen) atoms. The monoisotopic (exact) mass is 380 g/mol. The summed E-state index contributed by atoms with van der Waals surface area (Å²) < 4.78 is 5.59. The second-order valence-corrected chi connectivity index (χ2v) is 6.85. The third-order valence-electron chi connectivity index (χ3n) is 4.62. The molecule has 2 aromatic carbocycles. The van der Waals surface area contributed by atoms with Crippen molar-refractivity contribution in [3.63, 3.8) is 0 Å². The van der Waals surface area contributed by atoms with Crippen molar-refractivity contribution in [2.24, 2.45) is 0 Å². The van der Waals surface area contributed by atoms with E-state index in [9.17, 15) is 25.5 Å². The van der Waals surface area contributed by atoms with Crippen LogP contribution in [0.2, 0.25) is 5.02 Å². The number of aliphatic hydroxyl groups excluding tert-OH is 4. The van der Waals surface area contributed by atoms with Gasteiger partial charge in [0, 0.05) is 5.02 Å². The van der Waals surface area contributed by atoms with Crippen LogP contribution >= 0.6 is 11.6 Å². The molecule has 1 unspecified atom stereocenters. The van der Waals surface area contributed by atoms with Crippen LogP contribution in [0.15, 0.2) is 42.5 Å². The zero-order chi connectivity index (χ0) is 18.8. The van der Waals surface area contributed by atoms with Crippen molar-refractivity contribution in [3.05, 3.63) is 64.2 Å². The highest BCUT2D eigenvalue weighted by atomic mass is 35.5. The lowest BCUT2D eigenvalue weighted by Gasteiger charge is -2.40. The van der Waals surface area contributed by atoms with Crippen molar-refractivity contribution in [1.82, 2.24) is 0 Å². The van der Waals surface area contributed by atoms with E-state index in [1.807, 2.05) is 0 Å². The van der Waals surface area contributed by atoms with Crippen molar-refractivity contribution in [3.8, 4) is 5.75 Å². The van der Waals surface area contributed by atoms with Gasteiger partial charge in [0.05, 0.1) is 6.61 Å². The Morgan fingerprint density at radius 3 is 2.27 bits per heavy atom. The van der Waals surface area contributed by atoms with Gasteiger partial charge in [-0.15, -0.1) is 0 Å². The van der Waals surface area contributed by atoms with E-state index in [-0.39, 0.29) is 5.75 Å². The summed E-state index contributed by atoms with van der Waals surface area (Å²) in [5.41, 5.74) is 2.31. The quantitative estimate of drug-likeness (QED) is 0.544. The van der Waals surface area contributed by atoms with Gasteiger partial charge in [-0.1, -0.05) is 35.9 Å². The summed E-state index contributed by atoms with van der Waals surface area (Å²) >= 11 is 6.28. The number of hydrogen-bond donors (Lipinski definition) is 5. The number of rotatable bonds is 4. The molecule has 1 heterocycles. The molecule has 5 atom stereocenters. The Hall–Kier alpha value is -1.67. The molecule has 0 bridgehead atoms. The number of halogens is 1. The van der Waals surface area contributed by atoms with Gasteiger partial charge in [-0.25, -0.2) is 0 Å². The van der Waals surface area contributed by atoms with Gasteiger partial charge in [0.2, 0.25) is 0 Å². The van der Waals surface area contributed by atoms with Crippen LogP contribution in [0.5, 0.6) is 5.75 Å². The summed E-state index contributed by atoms with van der Waals surface area (Å²) in [6.45, 7) is -0.477. The molecule has 7 heteroatoms. The number of benzene rings is 2. The minimum Gasteiger partial charge on any atom is -0.508 e. The van der Waals surface area contributed by atoms with Gasteiger partial charge in [-0.2, -0.15) is 0 Å². The molecule has 1 aliphatic heterocycles. The Labute approximate surface area is 155 Å². The van der Waals surface area contributed by atoms with Crippen molar-refractivity contribution >= 4 is 11.6 Å². The number of phenols is 1. The van der Waals surface area contributed by atoms with E-state index >= 15 is 0 Å². The molecular weight excluding hydrogens is 360 g/mol. The summed E-state index contributed by atoms with van der Waals surface area (Å²) in [7, 11) is 0. The Bertz CT molecular complexity index is 748. The molecule has 0 aromatic heterocycles. The van der Waals surface area contributed by atoms with Gasteiger partial charge in [-0.3, -0.25) is 0 Å². The molecule has 140 valence electrons. The molecule has 0 aliphatic carbocycles. The maximum absolute atomic E-state index is 10.3. The summed E-state index contributed by atoms with van der Waals surface area (Å²) in [4.78, 5) is 0. The van der Waals surface area contributed by atoms with Gasteiger partial charge in [-0.05, 0) is 41.3 Å². The first-order valence-corrected chi connectivity index (χ1v) is 8.65. The third-order valence-corrected chi connectivity index (χ3v) is 4.99. The predicted octanol–water partition coefficient (Wildman–Crippen LogP) is 1.15. The van der Waals surface area contributed by atoms with Gasteiger partial charge >= 0.3 is 0 Å². The average molecular weight is 381 g/mol. The molecule has 5 N–H and O–H groups in total. The molecule has 3 rings (SSSR count). The number of aromatic hydroxyl groups is 1. The van der Waals surface area contributed by atoms with Gasteiger partial charge in [0.25, 0.3) is 0 Å². The SMILES string of the molecule is OCC1O[C@@H](c2ccc(Cl)c(Cc3ccc(O)cc3)c2)[C@H](O)[C@@H](O)[C@@H]1O. The van der Waals surface area contributed by atoms with E-state index in [1.54, 1.807) is 42.5 Å². The van der Waals surface area contributed by atoms with E-state index in [4.69, 9.17) is 16.3 Å². The molecule has 0 amide bonds. The second-order valence-electron chi connectivity index (χ2n) is 6.44. The van der Waals surface area contributed by atoms with Crippen molar-refractivity contribution < 1.29 is 30.3 Å². The number of hydrogen-bond acceptors (Lipinski definition) is 6. The number of phenolic OH excluding ortho intramolecular Hbond substituents is 1. The fraction of sp³-hybridized carbons (Fsp3) is 0.368. The molecule has 6 nitrogen and oxygen atoms in total. The molecular formula is C19H21ClO6. The van der Waals surface area contributed by atoms with Crippen LogP contribution in [0.1, 0.15) is 22.8 Å². The predicted molar refractivity (Wildman–Crippen MR) is 95.1 cm³/mol. The van der Waals surface area contributed by atoms with Crippen LogP contribution in [0.3, 0.4) is 0 Å². The van der Waals surface area contributed by atoms with Crippen LogP contribution in [0.25, 0.3) is 0 Å². The fourth-order valence-electron chi connectivity index (χ4n) is 3.12. The van der Waals surface area contributed by atoms with Gasteiger partial charge in [0.15, 0.2) is 0 Å². The molecule has 1 aliphatic rings. The summed E-state index contributed by atoms with van der Waals surface area (Å²) in [5, 5.41) is 49.4. The molecule has 0 radical (unpaired) electrons. The van der Waals surface area contributed by atoms with Crippen LogP contribution < -0.4 is 0 Å². The first-order chi connectivity index (χ1) is 12.4. The lowest BCUT2D eigenvalue weighted by molar-refractivity contribution is -0.231. The first-order valence-electron chi connectivity index (χ1n) is 8.27. The highest BCUT2D eigenvalue weighted by Gasteiger charge is 2.43. The Morgan fingerprint density at radius 2 is 1.62 bits per heavy atom. The van der Waals surface area contributed by atoms with E-state index in [2.05, 4.69) is 0 Å². The van der Waals surface area contributed by atoms with Gasteiger partial charge < -0.3 is 30.3 Å². The molecule has 0 spiro atoms. The molecule has 2 aromatic rings. The van der Waals surface area contributed by atoms with E-state index < -0.39 is 37.1 Å². The average Bonchev–Trinajstić information content (AvgIpc) is 2.64. The number of aliphatic hydroxyl groups is 4. The highest BCUT2D eigenvalue weighted by Crippen LogP contribution is 2.34. The zero-order valence-corrected chi connectivity index (χ0v) is 14.6. The van der Waals surface area contributed by atoms with Crippen molar-refractivity contribution in [2.45, 2.75) is 36.9 Å². The van der Waals surface area contributed by atoms with E-state index in [1.165, 1.54) is 0 Å². The zero-order valence-electron chi connectivity index (χ0n) is 13.9. The van der Waals surface area contributed by atoms with Crippen molar-refractivity contribution in [2.75, 3.05) is 6.61 Å². The maximum atomic E-state index is 10.3. The standard InChI is InChI=1S/C19H21ClO6/c20-14-6-3-11(8-12(14)7-10-1-4-13(22)5-2-10)19-18(25)17(24)16(23)15(9-21)26-19/h1-6,8,15-19,21-25H,7,9H2/t15?,16-,17+,18-,19+/m1/s1. The fourth-order valence-corrected chi connectivity index (χ4v) is 3.30. The normalized spacial score (nSPS) is 28.9. The topological polar surface area (TPSA) is 110 Å². The van der Waals surface area contributed by atoms with Crippen LogP contribution in [0.4, 0.5) is 0 Å².